The van der Waals surface area contributed by atoms with Crippen molar-refractivity contribution < 1.29 is 31.4 Å². The molecule has 6 heteroatoms. The average Bonchev–Trinajstić information content (AvgIpc) is 3.26. The Balaban J connectivity index is 0.00000294. The first-order valence-electron chi connectivity index (χ1n) is 12.4. The summed E-state index contributed by atoms with van der Waals surface area (Å²) in [4.78, 5) is 6.56. The maximum atomic E-state index is 12.1. The summed E-state index contributed by atoms with van der Waals surface area (Å²) in [6.07, 6.45) is 3.72. The van der Waals surface area contributed by atoms with Crippen LogP contribution in [-0.2, 0) is 18.8 Å². The van der Waals surface area contributed by atoms with Crippen LogP contribution in [-0.4, -0.2) is 17.2 Å². The number of methoxy groups -OCH3 is 1. The third kappa shape index (κ3) is 4.80. The number of halogens is 1. The Morgan fingerprint density at radius 2 is 1.45 bits per heavy atom. The van der Waals surface area contributed by atoms with Gasteiger partial charge in [-0.15, -0.1) is 0 Å². The van der Waals surface area contributed by atoms with E-state index >= 15 is 0 Å². The van der Waals surface area contributed by atoms with Crippen LogP contribution in [0.15, 0.2) is 122 Å². The van der Waals surface area contributed by atoms with E-state index in [0.717, 1.165) is 34.0 Å². The summed E-state index contributed by atoms with van der Waals surface area (Å²) in [5, 5.41) is 12.1. The highest BCUT2D eigenvalue weighted by Crippen LogP contribution is 2.36. The van der Waals surface area contributed by atoms with Crippen LogP contribution < -0.4 is 31.2 Å². The van der Waals surface area contributed by atoms with Crippen molar-refractivity contribution in [2.75, 3.05) is 12.0 Å². The fraction of sp³-hybridized carbons (Fsp3) is 0.125. The first-order valence-corrected chi connectivity index (χ1v) is 12.4. The Labute approximate surface area is 233 Å². The Hall–Kier alpha value is -4.00. The van der Waals surface area contributed by atoms with E-state index in [1.54, 1.807) is 13.3 Å². The van der Waals surface area contributed by atoms with Crippen molar-refractivity contribution in [3.8, 4) is 28.0 Å². The molecule has 5 nitrogen and oxygen atoms in total. The van der Waals surface area contributed by atoms with Crippen molar-refractivity contribution in [3.05, 3.63) is 133 Å². The number of aliphatic hydroxyl groups is 1. The zero-order valence-corrected chi connectivity index (χ0v) is 22.6. The second kappa shape index (κ2) is 10.8. The molecular weight excluding hydrogens is 538 g/mol. The summed E-state index contributed by atoms with van der Waals surface area (Å²) in [6.45, 7) is 0.888. The zero-order valence-electron chi connectivity index (χ0n) is 21.0. The lowest BCUT2D eigenvalue weighted by Crippen LogP contribution is -3.00. The normalized spacial score (nSPS) is 16.0. The number of fused-ring (bicyclic) bond motifs is 1. The Kier molecular flexibility index (Phi) is 7.27. The van der Waals surface area contributed by atoms with Gasteiger partial charge in [0, 0.05) is 11.6 Å². The van der Waals surface area contributed by atoms with Crippen LogP contribution >= 0.6 is 0 Å². The van der Waals surface area contributed by atoms with Gasteiger partial charge in [0.05, 0.1) is 19.9 Å². The number of ether oxygens (including phenoxy) is 1. The molecule has 0 aliphatic carbocycles. The van der Waals surface area contributed by atoms with Crippen LogP contribution in [0.3, 0.4) is 0 Å². The predicted molar refractivity (Wildman–Crippen MR) is 145 cm³/mol. The van der Waals surface area contributed by atoms with Crippen molar-refractivity contribution in [1.29, 1.82) is 0 Å². The fourth-order valence-electron chi connectivity index (χ4n) is 5.05. The molecule has 0 saturated heterocycles. The van der Waals surface area contributed by atoms with Gasteiger partial charge in [0.1, 0.15) is 18.5 Å². The molecule has 1 aliphatic rings. The van der Waals surface area contributed by atoms with E-state index in [2.05, 4.69) is 65.6 Å². The maximum absolute atomic E-state index is 12.1. The van der Waals surface area contributed by atoms with E-state index in [0.29, 0.717) is 13.1 Å². The second-order valence-corrected chi connectivity index (χ2v) is 9.32. The highest BCUT2D eigenvalue weighted by molar-refractivity contribution is 5.70. The van der Waals surface area contributed by atoms with Crippen LogP contribution in [0.5, 0.6) is 5.75 Å². The van der Waals surface area contributed by atoms with Gasteiger partial charge in [0.15, 0.2) is 0 Å². The van der Waals surface area contributed by atoms with E-state index in [1.165, 1.54) is 11.1 Å². The molecule has 0 bridgehead atoms. The van der Waals surface area contributed by atoms with E-state index in [4.69, 9.17) is 4.74 Å². The molecule has 190 valence electrons. The van der Waals surface area contributed by atoms with Gasteiger partial charge in [-0.3, -0.25) is 0 Å². The summed E-state index contributed by atoms with van der Waals surface area (Å²) in [5.74, 6) is 1.52. The number of nitrogens with zero attached hydrogens (tertiary/aromatic N) is 3. The molecule has 1 aromatic heterocycles. The summed E-state index contributed by atoms with van der Waals surface area (Å²) in [5.41, 5.74) is 5.26. The van der Waals surface area contributed by atoms with Gasteiger partial charge < -0.3 is 26.8 Å². The van der Waals surface area contributed by atoms with Crippen molar-refractivity contribution in [1.82, 2.24) is 4.98 Å². The monoisotopic (exact) mass is 565 g/mol. The number of anilines is 1. The smallest absolute Gasteiger partial charge is 0.397 e. The Bertz CT molecular complexity index is 1530. The largest absolute Gasteiger partial charge is 1.00 e. The van der Waals surface area contributed by atoms with Crippen molar-refractivity contribution in [2.24, 2.45) is 0 Å². The number of rotatable bonds is 6. The third-order valence-corrected chi connectivity index (χ3v) is 7.03. The third-order valence-electron chi connectivity index (χ3n) is 7.03. The van der Waals surface area contributed by atoms with E-state index in [1.807, 2.05) is 64.2 Å². The van der Waals surface area contributed by atoms with Gasteiger partial charge in [-0.2, -0.15) is 0 Å². The standard InChI is InChI=1S/C32H28N3O2.BrH/c1-37-30-10-5-7-24(21-30)22-35-31-33-19-6-20-34(31)23-32(35,36)29-17-15-28(16-18-29)27-13-11-26(12-14-27)25-8-3-2-4-9-25;/h2-21,36H,22-23H2,1H3;1H/q+1;/p-1/t32-;/m1./s1. The van der Waals surface area contributed by atoms with Crippen molar-refractivity contribution >= 4 is 5.95 Å². The average molecular weight is 566 g/mol. The van der Waals surface area contributed by atoms with Crippen LogP contribution in [0.1, 0.15) is 11.1 Å². The zero-order chi connectivity index (χ0) is 25.2. The molecule has 0 spiro atoms. The minimum Gasteiger partial charge on any atom is -1.00 e. The highest BCUT2D eigenvalue weighted by atomic mass is 79.9. The molecular formula is C32H28BrN3O2. The maximum Gasteiger partial charge on any atom is 0.397 e. The van der Waals surface area contributed by atoms with Crippen LogP contribution in [0.4, 0.5) is 5.95 Å². The number of aromatic nitrogens is 2. The summed E-state index contributed by atoms with van der Waals surface area (Å²) < 4.78 is 7.41. The molecule has 38 heavy (non-hydrogen) atoms. The lowest BCUT2D eigenvalue weighted by Gasteiger charge is -2.28. The summed E-state index contributed by atoms with van der Waals surface area (Å²) in [7, 11) is 1.66. The minimum atomic E-state index is -1.24. The number of benzene rings is 4. The van der Waals surface area contributed by atoms with Crippen LogP contribution in [0, 0.1) is 0 Å². The topological polar surface area (TPSA) is 49.5 Å². The lowest BCUT2D eigenvalue weighted by molar-refractivity contribution is -0.685. The molecule has 0 radical (unpaired) electrons. The molecule has 1 N–H and O–H groups in total. The molecule has 1 atom stereocenters. The van der Waals surface area contributed by atoms with E-state index < -0.39 is 5.72 Å². The molecule has 5 aromatic rings. The van der Waals surface area contributed by atoms with Gasteiger partial charge in [-0.05, 0) is 39.9 Å². The first kappa shape index (κ1) is 25.6. The molecule has 2 heterocycles. The number of hydrogen-bond donors (Lipinski definition) is 1. The van der Waals surface area contributed by atoms with Crippen LogP contribution in [0.25, 0.3) is 22.3 Å². The van der Waals surface area contributed by atoms with Gasteiger partial charge in [-0.25, -0.2) is 9.47 Å². The van der Waals surface area contributed by atoms with Gasteiger partial charge in [0.2, 0.25) is 5.72 Å². The van der Waals surface area contributed by atoms with Gasteiger partial charge in [0.25, 0.3) is 0 Å². The molecule has 0 saturated carbocycles. The first-order chi connectivity index (χ1) is 18.1. The predicted octanol–water partition coefficient (Wildman–Crippen LogP) is 2.58. The van der Waals surface area contributed by atoms with Crippen molar-refractivity contribution in [3.63, 3.8) is 0 Å². The lowest BCUT2D eigenvalue weighted by atomic mass is 9.96. The fourth-order valence-corrected chi connectivity index (χ4v) is 5.05. The van der Waals surface area contributed by atoms with E-state index in [9.17, 15) is 5.11 Å². The summed E-state index contributed by atoms with van der Waals surface area (Å²) in [6, 6.07) is 37.0. The highest BCUT2D eigenvalue weighted by Gasteiger charge is 2.51. The molecule has 0 amide bonds. The van der Waals surface area contributed by atoms with Crippen LogP contribution in [0.2, 0.25) is 0 Å². The van der Waals surface area contributed by atoms with Crippen molar-refractivity contribution in [2.45, 2.75) is 18.8 Å². The molecule has 0 unspecified atom stereocenters. The Morgan fingerprint density at radius 1 is 0.816 bits per heavy atom. The quantitative estimate of drug-likeness (QED) is 0.321. The summed E-state index contributed by atoms with van der Waals surface area (Å²) >= 11 is 0. The SMILES string of the molecule is COc1cccc(CN2c3nccc[n+]3C[C@@]2(O)c2ccc(-c3ccc(-c4ccccc4)cc3)cc2)c1.[Br-]. The molecule has 0 fully saturated rings. The molecule has 1 aliphatic heterocycles. The second-order valence-electron chi connectivity index (χ2n) is 9.32. The molecule has 4 aromatic carbocycles. The Morgan fingerprint density at radius 3 is 2.11 bits per heavy atom. The van der Waals surface area contributed by atoms with Gasteiger partial charge >= 0.3 is 5.95 Å². The number of hydrogen-bond acceptors (Lipinski definition) is 4. The minimum absolute atomic E-state index is 0. The van der Waals surface area contributed by atoms with E-state index in [-0.39, 0.29) is 17.0 Å². The van der Waals surface area contributed by atoms with Gasteiger partial charge in [-0.1, -0.05) is 96.0 Å². The molecule has 6 rings (SSSR count).